The smallest absolute Gasteiger partial charge is 0.269 e. The molecule has 0 spiro atoms. The van der Waals surface area contributed by atoms with Crippen LogP contribution in [0, 0.1) is 10.1 Å². The lowest BCUT2D eigenvalue weighted by Crippen LogP contribution is -2.19. The van der Waals surface area contributed by atoms with Gasteiger partial charge in [-0.15, -0.1) is 0 Å². The molecule has 0 saturated heterocycles. The Morgan fingerprint density at radius 2 is 2.14 bits per heavy atom. The third kappa shape index (κ3) is 3.92. The lowest BCUT2D eigenvalue weighted by atomic mass is 10.1. The zero-order valence-corrected chi connectivity index (χ0v) is 12.5. The normalized spacial score (nSPS) is 12.3. The molecule has 112 valence electrons. The van der Waals surface area contributed by atoms with E-state index in [0.717, 1.165) is 18.5 Å². The standard InChI is InChI=1S/C16H21N3O2/c1-3-16(17-4-2)14-8-9-18(12-14)11-13-6-5-7-15(10-13)19(20)21/h5-10,12,16-17H,3-4,11H2,1-2H3. The number of nitrogens with one attached hydrogen (secondary N) is 1. The van der Waals surface area contributed by atoms with Gasteiger partial charge in [0.15, 0.2) is 0 Å². The van der Waals surface area contributed by atoms with E-state index in [2.05, 4.69) is 36.0 Å². The van der Waals surface area contributed by atoms with Crippen LogP contribution in [-0.2, 0) is 6.54 Å². The number of nitro groups is 1. The summed E-state index contributed by atoms with van der Waals surface area (Å²) in [5.41, 5.74) is 2.33. The van der Waals surface area contributed by atoms with Crippen molar-refractivity contribution in [2.75, 3.05) is 6.54 Å². The van der Waals surface area contributed by atoms with Crippen molar-refractivity contribution in [3.05, 3.63) is 64.0 Å². The molecule has 1 N–H and O–H groups in total. The fourth-order valence-electron chi connectivity index (χ4n) is 2.49. The summed E-state index contributed by atoms with van der Waals surface area (Å²) in [6.07, 6.45) is 5.17. The van der Waals surface area contributed by atoms with E-state index in [-0.39, 0.29) is 10.6 Å². The predicted octanol–water partition coefficient (Wildman–Crippen LogP) is 3.51. The predicted molar refractivity (Wildman–Crippen MR) is 83.3 cm³/mol. The van der Waals surface area contributed by atoms with Crippen LogP contribution < -0.4 is 5.32 Å². The molecule has 0 aliphatic rings. The summed E-state index contributed by atoms with van der Waals surface area (Å²) < 4.78 is 2.06. The van der Waals surface area contributed by atoms with Gasteiger partial charge in [-0.05, 0) is 30.2 Å². The molecule has 1 heterocycles. The minimum atomic E-state index is -0.358. The summed E-state index contributed by atoms with van der Waals surface area (Å²) in [5, 5.41) is 14.2. The molecule has 2 aromatic rings. The molecular weight excluding hydrogens is 266 g/mol. The Morgan fingerprint density at radius 1 is 1.33 bits per heavy atom. The van der Waals surface area contributed by atoms with E-state index in [1.54, 1.807) is 12.1 Å². The van der Waals surface area contributed by atoms with Gasteiger partial charge < -0.3 is 9.88 Å². The molecule has 1 aromatic heterocycles. The maximum atomic E-state index is 10.8. The summed E-state index contributed by atoms with van der Waals surface area (Å²) in [6, 6.07) is 9.25. The minimum absolute atomic E-state index is 0.138. The van der Waals surface area contributed by atoms with Gasteiger partial charge in [-0.1, -0.05) is 26.0 Å². The van der Waals surface area contributed by atoms with Crippen molar-refractivity contribution in [2.24, 2.45) is 0 Å². The van der Waals surface area contributed by atoms with E-state index >= 15 is 0 Å². The van der Waals surface area contributed by atoms with Crippen LogP contribution in [0.1, 0.15) is 37.4 Å². The third-order valence-electron chi connectivity index (χ3n) is 3.52. The van der Waals surface area contributed by atoms with Crippen LogP contribution in [0.25, 0.3) is 0 Å². The Balaban J connectivity index is 2.12. The molecule has 1 aromatic carbocycles. The number of benzene rings is 1. The molecule has 5 nitrogen and oxygen atoms in total. The highest BCUT2D eigenvalue weighted by Gasteiger charge is 2.10. The zero-order valence-electron chi connectivity index (χ0n) is 12.5. The molecule has 21 heavy (non-hydrogen) atoms. The lowest BCUT2D eigenvalue weighted by Gasteiger charge is -2.14. The van der Waals surface area contributed by atoms with Crippen molar-refractivity contribution in [3.63, 3.8) is 0 Å². The quantitative estimate of drug-likeness (QED) is 0.626. The number of nitro benzene ring substituents is 1. The Hall–Kier alpha value is -2.14. The first-order valence-electron chi connectivity index (χ1n) is 7.26. The monoisotopic (exact) mass is 287 g/mol. The molecule has 0 fully saturated rings. The van der Waals surface area contributed by atoms with Crippen molar-refractivity contribution in [1.82, 2.24) is 9.88 Å². The van der Waals surface area contributed by atoms with Crippen molar-refractivity contribution in [3.8, 4) is 0 Å². The van der Waals surface area contributed by atoms with Crippen molar-refractivity contribution in [2.45, 2.75) is 32.9 Å². The number of hydrogen-bond acceptors (Lipinski definition) is 3. The lowest BCUT2D eigenvalue weighted by molar-refractivity contribution is -0.384. The van der Waals surface area contributed by atoms with Crippen LogP contribution in [0.2, 0.25) is 0 Å². The first kappa shape index (κ1) is 15.3. The first-order valence-corrected chi connectivity index (χ1v) is 7.26. The van der Waals surface area contributed by atoms with Crippen molar-refractivity contribution < 1.29 is 4.92 Å². The second kappa shape index (κ2) is 7.04. The van der Waals surface area contributed by atoms with E-state index in [1.165, 1.54) is 11.6 Å². The summed E-state index contributed by atoms with van der Waals surface area (Å²) in [5.74, 6) is 0. The van der Waals surface area contributed by atoms with Crippen molar-refractivity contribution >= 4 is 5.69 Å². The highest BCUT2D eigenvalue weighted by Crippen LogP contribution is 2.19. The second-order valence-corrected chi connectivity index (χ2v) is 5.06. The average Bonchev–Trinajstić information content (AvgIpc) is 2.93. The van der Waals surface area contributed by atoms with E-state index in [0.29, 0.717) is 12.6 Å². The Kier molecular flexibility index (Phi) is 5.11. The first-order chi connectivity index (χ1) is 10.1. The molecule has 0 bridgehead atoms. The van der Waals surface area contributed by atoms with Gasteiger partial charge in [0.25, 0.3) is 5.69 Å². The maximum absolute atomic E-state index is 10.8. The van der Waals surface area contributed by atoms with Gasteiger partial charge in [-0.25, -0.2) is 0 Å². The Labute approximate surface area is 124 Å². The largest absolute Gasteiger partial charge is 0.350 e. The van der Waals surface area contributed by atoms with Crippen LogP contribution in [0.4, 0.5) is 5.69 Å². The average molecular weight is 287 g/mol. The van der Waals surface area contributed by atoms with Gasteiger partial charge in [0, 0.05) is 37.1 Å². The van der Waals surface area contributed by atoms with Gasteiger partial charge in [-0.3, -0.25) is 10.1 Å². The van der Waals surface area contributed by atoms with Crippen LogP contribution in [0.5, 0.6) is 0 Å². The third-order valence-corrected chi connectivity index (χ3v) is 3.52. The molecule has 0 amide bonds. The highest BCUT2D eigenvalue weighted by atomic mass is 16.6. The summed E-state index contributed by atoms with van der Waals surface area (Å²) in [4.78, 5) is 10.4. The van der Waals surface area contributed by atoms with E-state index in [9.17, 15) is 10.1 Å². The fraction of sp³-hybridized carbons (Fsp3) is 0.375. The number of nitrogens with zero attached hydrogens (tertiary/aromatic N) is 2. The molecule has 0 aliphatic carbocycles. The van der Waals surface area contributed by atoms with E-state index in [1.807, 2.05) is 12.3 Å². The summed E-state index contributed by atoms with van der Waals surface area (Å²) >= 11 is 0. The van der Waals surface area contributed by atoms with Crippen LogP contribution >= 0.6 is 0 Å². The van der Waals surface area contributed by atoms with Crippen LogP contribution in [0.15, 0.2) is 42.7 Å². The molecule has 0 radical (unpaired) electrons. The second-order valence-electron chi connectivity index (χ2n) is 5.06. The highest BCUT2D eigenvalue weighted by molar-refractivity contribution is 5.34. The van der Waals surface area contributed by atoms with Gasteiger partial charge in [0.1, 0.15) is 0 Å². The molecule has 1 atom stereocenters. The maximum Gasteiger partial charge on any atom is 0.269 e. The zero-order chi connectivity index (χ0) is 15.2. The summed E-state index contributed by atoms with van der Waals surface area (Å²) in [6.45, 7) is 5.84. The van der Waals surface area contributed by atoms with Crippen molar-refractivity contribution in [1.29, 1.82) is 0 Å². The van der Waals surface area contributed by atoms with E-state index in [4.69, 9.17) is 0 Å². The number of non-ortho nitro benzene ring substituents is 1. The minimum Gasteiger partial charge on any atom is -0.350 e. The fourth-order valence-corrected chi connectivity index (χ4v) is 2.49. The SMILES string of the molecule is CCNC(CC)c1ccn(Cc2cccc([N+](=O)[O-])c2)c1. The topological polar surface area (TPSA) is 60.1 Å². The van der Waals surface area contributed by atoms with Gasteiger partial charge in [-0.2, -0.15) is 0 Å². The molecule has 0 saturated carbocycles. The molecule has 1 unspecified atom stereocenters. The molecule has 0 aliphatic heterocycles. The van der Waals surface area contributed by atoms with E-state index < -0.39 is 0 Å². The Bertz CT molecular complexity index is 607. The number of hydrogen-bond donors (Lipinski definition) is 1. The summed E-state index contributed by atoms with van der Waals surface area (Å²) in [7, 11) is 0. The van der Waals surface area contributed by atoms with Crippen LogP contribution in [-0.4, -0.2) is 16.0 Å². The Morgan fingerprint density at radius 3 is 2.81 bits per heavy atom. The number of aromatic nitrogens is 1. The molecular formula is C16H21N3O2. The molecule has 5 heteroatoms. The van der Waals surface area contributed by atoms with Gasteiger partial charge >= 0.3 is 0 Å². The van der Waals surface area contributed by atoms with Gasteiger partial charge in [0.2, 0.25) is 0 Å². The van der Waals surface area contributed by atoms with Crippen LogP contribution in [0.3, 0.4) is 0 Å². The van der Waals surface area contributed by atoms with Gasteiger partial charge in [0.05, 0.1) is 4.92 Å². The molecule has 2 rings (SSSR count). The number of rotatable bonds is 7.